The summed E-state index contributed by atoms with van der Waals surface area (Å²) in [5, 5.41) is 6.99. The number of carbonyl (C=O) groups excluding carboxylic acids is 1. The molecule has 0 aromatic heterocycles. The number of nitrogens with one attached hydrogen (secondary N) is 1. The molecule has 142 valence electrons. The third-order valence-corrected chi connectivity index (χ3v) is 4.43. The number of allylic oxidation sites excluding steroid dienone is 1. The number of alkyl halides is 3. The van der Waals surface area contributed by atoms with Gasteiger partial charge in [-0.1, -0.05) is 37.5 Å². The second-order valence-electron chi connectivity index (χ2n) is 6.33. The van der Waals surface area contributed by atoms with Crippen LogP contribution in [-0.2, 0) is 11.3 Å². The van der Waals surface area contributed by atoms with Gasteiger partial charge in [-0.25, -0.2) is 4.39 Å². The zero-order valence-corrected chi connectivity index (χ0v) is 14.2. The van der Waals surface area contributed by atoms with Crippen LogP contribution in [0.3, 0.4) is 0 Å². The van der Waals surface area contributed by atoms with Crippen LogP contribution >= 0.6 is 0 Å². The first-order valence-corrected chi connectivity index (χ1v) is 8.37. The second-order valence-corrected chi connectivity index (χ2v) is 6.33. The van der Waals surface area contributed by atoms with Crippen molar-refractivity contribution >= 4 is 11.6 Å². The van der Waals surface area contributed by atoms with E-state index < -0.39 is 29.3 Å². The van der Waals surface area contributed by atoms with Crippen LogP contribution < -0.4 is 5.73 Å². The van der Waals surface area contributed by atoms with E-state index in [0.717, 1.165) is 19.3 Å². The molecule has 2 rings (SSSR count). The number of hydrogen-bond donors (Lipinski definition) is 2. The Morgan fingerprint density at radius 2 is 1.85 bits per heavy atom. The standard InChI is InChI=1S/C18H21F4N3O/c19-14-9-5-4-6-12(14)11-25(13-7-2-1-3-8-13)17(26)15(23)10-16(24)18(20,21)22/h4-6,9-10,13,24H,1-3,7-8,11,23H2/b15-10-,24-16?. The van der Waals surface area contributed by atoms with E-state index in [4.69, 9.17) is 11.1 Å². The third-order valence-electron chi connectivity index (χ3n) is 4.43. The average molecular weight is 371 g/mol. The first-order valence-electron chi connectivity index (χ1n) is 8.37. The molecule has 0 heterocycles. The summed E-state index contributed by atoms with van der Waals surface area (Å²) in [6, 6.07) is 5.71. The van der Waals surface area contributed by atoms with Crippen LogP contribution in [0.15, 0.2) is 36.0 Å². The van der Waals surface area contributed by atoms with E-state index in [1.807, 2.05) is 0 Å². The number of nitrogens with two attached hydrogens (primary N) is 1. The predicted molar refractivity (Wildman–Crippen MR) is 89.9 cm³/mol. The maximum absolute atomic E-state index is 14.0. The molecule has 0 atom stereocenters. The molecule has 1 saturated carbocycles. The summed E-state index contributed by atoms with van der Waals surface area (Å²) in [5.74, 6) is -1.30. The summed E-state index contributed by atoms with van der Waals surface area (Å²) in [6.07, 6.45) is -0.413. The SMILES string of the molecule is N=C(/C=C(\N)C(=O)N(Cc1ccccc1F)C1CCCCC1)C(F)(F)F. The normalized spacial score (nSPS) is 16.4. The highest BCUT2D eigenvalue weighted by Gasteiger charge is 2.34. The van der Waals surface area contributed by atoms with Crippen LogP contribution in [0.5, 0.6) is 0 Å². The first kappa shape index (κ1) is 19.9. The fourth-order valence-electron chi connectivity index (χ4n) is 3.03. The molecule has 26 heavy (non-hydrogen) atoms. The van der Waals surface area contributed by atoms with Crippen molar-refractivity contribution in [3.05, 3.63) is 47.4 Å². The molecule has 3 N–H and O–H groups in total. The Bertz CT molecular complexity index is 694. The zero-order valence-electron chi connectivity index (χ0n) is 14.2. The molecule has 0 spiro atoms. The summed E-state index contributed by atoms with van der Waals surface area (Å²) in [6.45, 7) is -0.0793. The zero-order chi connectivity index (χ0) is 19.3. The van der Waals surface area contributed by atoms with Gasteiger partial charge >= 0.3 is 6.18 Å². The molecule has 0 saturated heterocycles. The van der Waals surface area contributed by atoms with Gasteiger partial charge in [-0.15, -0.1) is 0 Å². The lowest BCUT2D eigenvalue weighted by Gasteiger charge is -2.34. The quantitative estimate of drug-likeness (QED) is 0.468. The molecule has 1 aromatic rings. The Morgan fingerprint density at radius 3 is 2.42 bits per heavy atom. The van der Waals surface area contributed by atoms with Crippen molar-refractivity contribution in [1.29, 1.82) is 5.41 Å². The molecule has 0 unspecified atom stereocenters. The number of halogens is 4. The number of carbonyl (C=O) groups is 1. The van der Waals surface area contributed by atoms with Gasteiger partial charge in [0.25, 0.3) is 5.91 Å². The van der Waals surface area contributed by atoms with Gasteiger partial charge in [0.1, 0.15) is 11.5 Å². The van der Waals surface area contributed by atoms with Crippen LogP contribution in [0.4, 0.5) is 17.6 Å². The van der Waals surface area contributed by atoms with Crippen molar-refractivity contribution in [2.24, 2.45) is 5.73 Å². The molecule has 4 nitrogen and oxygen atoms in total. The molecule has 0 aliphatic heterocycles. The van der Waals surface area contributed by atoms with Gasteiger partial charge in [-0.05, 0) is 25.0 Å². The van der Waals surface area contributed by atoms with Gasteiger partial charge < -0.3 is 10.6 Å². The third kappa shape index (κ3) is 5.06. The minimum atomic E-state index is -4.88. The smallest absolute Gasteiger partial charge is 0.394 e. The van der Waals surface area contributed by atoms with Gasteiger partial charge in [-0.3, -0.25) is 10.2 Å². The van der Waals surface area contributed by atoms with E-state index in [0.29, 0.717) is 18.9 Å². The Labute approximate surface area is 149 Å². The fourth-order valence-corrected chi connectivity index (χ4v) is 3.03. The molecule has 1 aromatic carbocycles. The first-order chi connectivity index (χ1) is 12.2. The monoisotopic (exact) mass is 371 g/mol. The maximum atomic E-state index is 14.0. The lowest BCUT2D eigenvalue weighted by Crippen LogP contribution is -2.43. The van der Waals surface area contributed by atoms with Crippen LogP contribution in [0, 0.1) is 11.2 Å². The van der Waals surface area contributed by atoms with Crippen molar-refractivity contribution in [1.82, 2.24) is 4.90 Å². The molecule has 1 amide bonds. The van der Waals surface area contributed by atoms with Crippen molar-refractivity contribution in [2.75, 3.05) is 0 Å². The van der Waals surface area contributed by atoms with Gasteiger partial charge in [0.2, 0.25) is 0 Å². The van der Waals surface area contributed by atoms with Gasteiger partial charge in [0.15, 0.2) is 0 Å². The molecular weight excluding hydrogens is 350 g/mol. The maximum Gasteiger partial charge on any atom is 0.432 e. The number of rotatable bonds is 5. The molecule has 1 aliphatic rings. The lowest BCUT2D eigenvalue weighted by molar-refractivity contribution is -0.130. The minimum Gasteiger partial charge on any atom is -0.394 e. The summed E-state index contributed by atoms with van der Waals surface area (Å²) < 4.78 is 51.6. The number of nitrogens with zero attached hydrogens (tertiary/aromatic N) is 1. The number of amides is 1. The average Bonchev–Trinajstić information content (AvgIpc) is 2.60. The molecule has 1 fully saturated rings. The number of hydrogen-bond acceptors (Lipinski definition) is 3. The van der Waals surface area contributed by atoms with E-state index in [1.165, 1.54) is 23.1 Å². The predicted octanol–water partition coefficient (Wildman–Crippen LogP) is 3.91. The minimum absolute atomic E-state index is 0.0793. The van der Waals surface area contributed by atoms with Crippen LogP contribution in [-0.4, -0.2) is 28.7 Å². The van der Waals surface area contributed by atoms with E-state index >= 15 is 0 Å². The van der Waals surface area contributed by atoms with Gasteiger partial charge in [0, 0.05) is 18.2 Å². The highest BCUT2D eigenvalue weighted by molar-refractivity contribution is 6.04. The Morgan fingerprint density at radius 1 is 1.23 bits per heavy atom. The van der Waals surface area contributed by atoms with Crippen molar-refractivity contribution in [3.8, 4) is 0 Å². The van der Waals surface area contributed by atoms with Crippen molar-refractivity contribution < 1.29 is 22.4 Å². The van der Waals surface area contributed by atoms with Crippen molar-refractivity contribution in [3.63, 3.8) is 0 Å². The molecular formula is C18H21F4N3O. The summed E-state index contributed by atoms with van der Waals surface area (Å²) in [5.41, 5.74) is 3.45. The summed E-state index contributed by atoms with van der Waals surface area (Å²) >= 11 is 0. The highest BCUT2D eigenvalue weighted by atomic mass is 19.4. The number of benzene rings is 1. The molecule has 0 bridgehead atoms. The largest absolute Gasteiger partial charge is 0.432 e. The Kier molecular flexibility index (Phi) is 6.39. The molecule has 8 heteroatoms. The van der Waals surface area contributed by atoms with Gasteiger partial charge in [-0.2, -0.15) is 13.2 Å². The van der Waals surface area contributed by atoms with E-state index in [2.05, 4.69) is 0 Å². The van der Waals surface area contributed by atoms with Crippen LogP contribution in [0.25, 0.3) is 0 Å². The second kappa shape index (κ2) is 8.33. The van der Waals surface area contributed by atoms with E-state index in [1.54, 1.807) is 6.07 Å². The fraction of sp³-hybridized carbons (Fsp3) is 0.444. The summed E-state index contributed by atoms with van der Waals surface area (Å²) in [7, 11) is 0. The molecule has 1 aliphatic carbocycles. The molecule has 0 radical (unpaired) electrons. The Hall–Kier alpha value is -2.38. The van der Waals surface area contributed by atoms with Crippen LogP contribution in [0.1, 0.15) is 37.7 Å². The van der Waals surface area contributed by atoms with E-state index in [-0.39, 0.29) is 18.2 Å². The van der Waals surface area contributed by atoms with Crippen molar-refractivity contribution in [2.45, 2.75) is 50.9 Å². The van der Waals surface area contributed by atoms with Crippen LogP contribution in [0.2, 0.25) is 0 Å². The Balaban J connectivity index is 2.27. The highest BCUT2D eigenvalue weighted by Crippen LogP contribution is 2.26. The lowest BCUT2D eigenvalue weighted by atomic mass is 9.93. The summed E-state index contributed by atoms with van der Waals surface area (Å²) in [4.78, 5) is 14.0. The van der Waals surface area contributed by atoms with Gasteiger partial charge in [0.05, 0.1) is 5.70 Å². The van der Waals surface area contributed by atoms with E-state index in [9.17, 15) is 22.4 Å². The topological polar surface area (TPSA) is 70.2 Å².